The number of hydrogen-bond donors (Lipinski definition) is 1. The van der Waals surface area contributed by atoms with Crippen molar-refractivity contribution in [2.75, 3.05) is 19.6 Å². The summed E-state index contributed by atoms with van der Waals surface area (Å²) in [5.74, 6) is 0.236. The molecule has 1 fully saturated rings. The molecule has 0 aliphatic carbocycles. The van der Waals surface area contributed by atoms with E-state index in [1.165, 1.54) is 12.1 Å². The third kappa shape index (κ3) is 3.21. The number of hydrogen-bond acceptors (Lipinski definition) is 4. The quantitative estimate of drug-likeness (QED) is 0.902. The van der Waals surface area contributed by atoms with Gasteiger partial charge in [-0.1, -0.05) is 12.1 Å². The van der Waals surface area contributed by atoms with E-state index in [-0.39, 0.29) is 23.8 Å². The van der Waals surface area contributed by atoms with E-state index in [1.807, 2.05) is 0 Å². The zero-order valence-electron chi connectivity index (χ0n) is 14.4. The molecule has 0 spiro atoms. The number of halogens is 2. The molecular formula is C18H21F2N5O. The maximum Gasteiger partial charge on any atom is 0.227 e. The summed E-state index contributed by atoms with van der Waals surface area (Å²) in [6, 6.07) is 3.94. The second kappa shape index (κ2) is 7.11. The molecule has 3 heterocycles. The molecule has 0 bridgehead atoms. The van der Waals surface area contributed by atoms with Crippen LogP contribution in [0, 0.1) is 11.6 Å². The largest absolute Gasteiger partial charge is 0.342 e. The minimum absolute atomic E-state index is 0.108. The van der Waals surface area contributed by atoms with Crippen LogP contribution < -0.4 is 5.32 Å². The van der Waals surface area contributed by atoms with Gasteiger partial charge in [0.05, 0.1) is 13.0 Å². The van der Waals surface area contributed by atoms with E-state index in [4.69, 9.17) is 0 Å². The second-order valence-corrected chi connectivity index (χ2v) is 6.85. The van der Waals surface area contributed by atoms with Crippen LogP contribution in [0.25, 0.3) is 0 Å². The van der Waals surface area contributed by atoms with Gasteiger partial charge >= 0.3 is 0 Å². The Bertz CT molecular complexity index is 814. The van der Waals surface area contributed by atoms with Gasteiger partial charge in [-0.25, -0.2) is 8.78 Å². The number of aromatic nitrogens is 3. The van der Waals surface area contributed by atoms with Gasteiger partial charge in [-0.3, -0.25) is 4.79 Å². The van der Waals surface area contributed by atoms with Crippen molar-refractivity contribution in [3.05, 3.63) is 47.0 Å². The highest BCUT2D eigenvalue weighted by molar-refractivity contribution is 5.79. The molecule has 1 saturated heterocycles. The fraction of sp³-hybridized carbons (Fsp3) is 0.500. The van der Waals surface area contributed by atoms with Gasteiger partial charge in [0.15, 0.2) is 11.6 Å². The van der Waals surface area contributed by atoms with E-state index in [1.54, 1.807) is 4.90 Å². The maximum absolute atomic E-state index is 13.8. The van der Waals surface area contributed by atoms with Crippen LogP contribution in [0.15, 0.2) is 18.2 Å². The first-order valence-electron chi connectivity index (χ1n) is 8.97. The predicted octanol–water partition coefficient (Wildman–Crippen LogP) is 1.61. The highest BCUT2D eigenvalue weighted by Gasteiger charge is 2.29. The number of amides is 1. The number of benzene rings is 1. The van der Waals surface area contributed by atoms with Gasteiger partial charge in [0.1, 0.15) is 11.6 Å². The lowest BCUT2D eigenvalue weighted by Gasteiger charge is -2.32. The van der Waals surface area contributed by atoms with Crippen molar-refractivity contribution >= 4 is 5.91 Å². The molecule has 0 atom stereocenters. The fourth-order valence-electron chi connectivity index (χ4n) is 3.76. The van der Waals surface area contributed by atoms with Crippen LogP contribution in [0.1, 0.15) is 36.0 Å². The minimum Gasteiger partial charge on any atom is -0.342 e. The average molecular weight is 361 g/mol. The number of piperidine rings is 1. The lowest BCUT2D eigenvalue weighted by Crippen LogP contribution is -2.39. The predicted molar refractivity (Wildman–Crippen MR) is 90.3 cm³/mol. The molecule has 2 aliphatic rings. The summed E-state index contributed by atoms with van der Waals surface area (Å²) in [6.45, 7) is 3.72. The molecule has 1 aromatic carbocycles. The van der Waals surface area contributed by atoms with Crippen LogP contribution >= 0.6 is 0 Å². The Labute approximate surface area is 150 Å². The highest BCUT2D eigenvalue weighted by atomic mass is 19.2. The Morgan fingerprint density at radius 2 is 2.00 bits per heavy atom. The average Bonchev–Trinajstić information content (AvgIpc) is 3.10. The molecule has 0 saturated carbocycles. The third-order valence-electron chi connectivity index (χ3n) is 5.24. The van der Waals surface area contributed by atoms with Crippen LogP contribution in [-0.4, -0.2) is 45.2 Å². The van der Waals surface area contributed by atoms with Gasteiger partial charge in [-0.2, -0.15) is 0 Å². The monoisotopic (exact) mass is 361 g/mol. The number of carbonyl (C=O) groups excluding carboxylic acids is 1. The Hall–Kier alpha value is -2.35. The summed E-state index contributed by atoms with van der Waals surface area (Å²) in [5, 5.41) is 11.9. The Kier molecular flexibility index (Phi) is 4.67. The lowest BCUT2D eigenvalue weighted by molar-refractivity contribution is -0.131. The molecule has 1 amide bonds. The first-order valence-corrected chi connectivity index (χ1v) is 8.97. The molecule has 1 aromatic heterocycles. The van der Waals surface area contributed by atoms with E-state index in [0.717, 1.165) is 50.2 Å². The summed E-state index contributed by atoms with van der Waals surface area (Å²) in [6.07, 6.45) is 1.51. The molecule has 1 N–H and O–H groups in total. The van der Waals surface area contributed by atoms with Crippen LogP contribution in [-0.2, 0) is 24.3 Å². The number of nitrogens with one attached hydrogen (secondary N) is 1. The first kappa shape index (κ1) is 17.1. The number of likely N-dealkylation sites (tertiary alicyclic amines) is 1. The van der Waals surface area contributed by atoms with Crippen molar-refractivity contribution in [1.29, 1.82) is 0 Å². The Balaban J connectivity index is 1.38. The van der Waals surface area contributed by atoms with Gasteiger partial charge in [-0.05, 0) is 18.9 Å². The standard InChI is InChI=1S/C18H21F2N5O/c19-14-3-1-2-13(17(14)20)10-16(26)24-7-4-12(5-8-24)18-23-22-15-11-21-6-9-25(15)18/h1-3,12,21H,4-11H2. The van der Waals surface area contributed by atoms with Gasteiger partial charge in [0, 0.05) is 37.7 Å². The van der Waals surface area contributed by atoms with Crippen molar-refractivity contribution in [2.45, 2.75) is 38.3 Å². The molecule has 4 rings (SSSR count). The fourth-order valence-corrected chi connectivity index (χ4v) is 3.76. The highest BCUT2D eigenvalue weighted by Crippen LogP contribution is 2.28. The smallest absolute Gasteiger partial charge is 0.227 e. The summed E-state index contributed by atoms with van der Waals surface area (Å²) in [7, 11) is 0. The SMILES string of the molecule is O=C(Cc1cccc(F)c1F)N1CCC(c2nnc3n2CCNC3)CC1. The van der Waals surface area contributed by atoms with Crippen molar-refractivity contribution in [3.63, 3.8) is 0 Å². The van der Waals surface area contributed by atoms with Gasteiger partial charge in [-0.15, -0.1) is 10.2 Å². The molecule has 26 heavy (non-hydrogen) atoms. The molecule has 0 radical (unpaired) electrons. The van der Waals surface area contributed by atoms with E-state index in [9.17, 15) is 13.6 Å². The number of nitrogens with zero attached hydrogens (tertiary/aromatic N) is 4. The summed E-state index contributed by atoms with van der Waals surface area (Å²) in [4.78, 5) is 14.2. The van der Waals surface area contributed by atoms with Crippen LogP contribution in [0.3, 0.4) is 0 Å². The van der Waals surface area contributed by atoms with E-state index < -0.39 is 11.6 Å². The summed E-state index contributed by atoms with van der Waals surface area (Å²) in [5.41, 5.74) is 0.108. The van der Waals surface area contributed by atoms with E-state index in [0.29, 0.717) is 13.1 Å². The molecule has 6 nitrogen and oxygen atoms in total. The molecule has 138 valence electrons. The topological polar surface area (TPSA) is 63.1 Å². The van der Waals surface area contributed by atoms with Crippen LogP contribution in [0.5, 0.6) is 0 Å². The zero-order chi connectivity index (χ0) is 18.1. The van der Waals surface area contributed by atoms with Crippen molar-refractivity contribution < 1.29 is 13.6 Å². The maximum atomic E-state index is 13.8. The lowest BCUT2D eigenvalue weighted by atomic mass is 9.95. The van der Waals surface area contributed by atoms with E-state index >= 15 is 0 Å². The Morgan fingerprint density at radius 1 is 1.19 bits per heavy atom. The van der Waals surface area contributed by atoms with E-state index in [2.05, 4.69) is 20.1 Å². The van der Waals surface area contributed by atoms with Gasteiger partial charge in [0.2, 0.25) is 5.91 Å². The molecule has 2 aromatic rings. The van der Waals surface area contributed by atoms with Crippen molar-refractivity contribution in [2.24, 2.45) is 0 Å². The number of carbonyl (C=O) groups is 1. The van der Waals surface area contributed by atoms with Crippen LogP contribution in [0.4, 0.5) is 8.78 Å². The molecular weight excluding hydrogens is 340 g/mol. The minimum atomic E-state index is -0.931. The zero-order valence-corrected chi connectivity index (χ0v) is 14.4. The van der Waals surface area contributed by atoms with Crippen LogP contribution in [0.2, 0.25) is 0 Å². The Morgan fingerprint density at radius 3 is 2.81 bits per heavy atom. The van der Waals surface area contributed by atoms with Gasteiger partial charge in [0.25, 0.3) is 0 Å². The van der Waals surface area contributed by atoms with Crippen molar-refractivity contribution in [1.82, 2.24) is 25.0 Å². The number of fused-ring (bicyclic) bond motifs is 1. The van der Waals surface area contributed by atoms with Gasteiger partial charge < -0.3 is 14.8 Å². The van der Waals surface area contributed by atoms with Crippen molar-refractivity contribution in [3.8, 4) is 0 Å². The normalized spacial score (nSPS) is 18.0. The third-order valence-corrected chi connectivity index (χ3v) is 5.24. The molecule has 2 aliphatic heterocycles. The molecule has 8 heteroatoms. The summed E-state index contributed by atoms with van der Waals surface area (Å²) >= 11 is 0. The first-order chi connectivity index (χ1) is 12.6. The second-order valence-electron chi connectivity index (χ2n) is 6.85. The molecule has 0 unspecified atom stereocenters. The summed E-state index contributed by atoms with van der Waals surface area (Å²) < 4.78 is 29.2. The number of rotatable bonds is 3.